The van der Waals surface area contributed by atoms with Crippen LogP contribution in [0.25, 0.3) is 0 Å². The minimum Gasteiger partial charge on any atom is -0.492 e. The fourth-order valence-corrected chi connectivity index (χ4v) is 3.58. The summed E-state index contributed by atoms with van der Waals surface area (Å²) >= 11 is 0. The molecule has 0 aromatic carbocycles. The zero-order valence-corrected chi connectivity index (χ0v) is 17.6. The number of aromatic nitrogens is 1. The van der Waals surface area contributed by atoms with Crippen LogP contribution in [0, 0.1) is 24.7 Å². The number of hydrogen-bond donors (Lipinski definition) is 1. The van der Waals surface area contributed by atoms with Gasteiger partial charge in [0.25, 0.3) is 0 Å². The van der Waals surface area contributed by atoms with Gasteiger partial charge in [0, 0.05) is 44.3 Å². The smallest absolute Gasteiger partial charge is 0.224 e. The lowest BCUT2D eigenvalue weighted by atomic mass is 9.88. The summed E-state index contributed by atoms with van der Waals surface area (Å²) in [6.07, 6.45) is 2.65. The normalized spacial score (nSPS) is 20.9. The molecule has 1 aliphatic heterocycles. The molecular weight excluding hydrogens is 340 g/mol. The van der Waals surface area contributed by atoms with E-state index in [-0.39, 0.29) is 11.8 Å². The molecule has 6 heteroatoms. The average Bonchev–Trinajstić information content (AvgIpc) is 2.60. The van der Waals surface area contributed by atoms with E-state index in [2.05, 4.69) is 33.9 Å². The van der Waals surface area contributed by atoms with E-state index in [1.165, 1.54) is 0 Å². The van der Waals surface area contributed by atoms with Gasteiger partial charge in [-0.3, -0.25) is 9.78 Å². The number of nitrogens with one attached hydrogen (secondary N) is 1. The Kier molecular flexibility index (Phi) is 8.51. The van der Waals surface area contributed by atoms with Gasteiger partial charge in [-0.25, -0.2) is 0 Å². The fourth-order valence-electron chi connectivity index (χ4n) is 3.58. The SMILES string of the molecule is Cc1ccc(OC[C@H]2C[C@@H](C(=O)NCCN(C)C)CN(CC(C)C)C2)cn1. The van der Waals surface area contributed by atoms with Crippen LogP contribution < -0.4 is 10.1 Å². The van der Waals surface area contributed by atoms with Crippen molar-refractivity contribution in [2.24, 2.45) is 17.8 Å². The van der Waals surface area contributed by atoms with E-state index in [1.54, 1.807) is 6.20 Å². The van der Waals surface area contributed by atoms with Gasteiger partial charge in [0.15, 0.2) is 0 Å². The lowest BCUT2D eigenvalue weighted by Gasteiger charge is -2.38. The van der Waals surface area contributed by atoms with Crippen LogP contribution in [0.1, 0.15) is 26.0 Å². The van der Waals surface area contributed by atoms with E-state index < -0.39 is 0 Å². The Hall–Kier alpha value is -1.66. The summed E-state index contributed by atoms with van der Waals surface area (Å²) in [6.45, 7) is 11.4. The first-order valence-corrected chi connectivity index (χ1v) is 10.0. The largest absolute Gasteiger partial charge is 0.492 e. The Bertz CT molecular complexity index is 574. The highest BCUT2D eigenvalue weighted by Gasteiger charge is 2.32. The number of likely N-dealkylation sites (tertiary alicyclic amines) is 1. The van der Waals surface area contributed by atoms with Gasteiger partial charge in [0.1, 0.15) is 5.75 Å². The Labute approximate surface area is 164 Å². The number of ether oxygens (including phenoxy) is 1. The number of amides is 1. The van der Waals surface area contributed by atoms with Gasteiger partial charge in [0.05, 0.1) is 18.7 Å². The van der Waals surface area contributed by atoms with Crippen molar-refractivity contribution in [3.8, 4) is 5.75 Å². The Balaban J connectivity index is 1.92. The molecule has 0 saturated carbocycles. The van der Waals surface area contributed by atoms with Crippen molar-refractivity contribution in [3.05, 3.63) is 24.0 Å². The first kappa shape index (κ1) is 21.6. The first-order valence-electron chi connectivity index (χ1n) is 10.0. The van der Waals surface area contributed by atoms with E-state index >= 15 is 0 Å². The number of hydrogen-bond acceptors (Lipinski definition) is 5. The summed E-state index contributed by atoms with van der Waals surface area (Å²) in [5.41, 5.74) is 0.984. The Morgan fingerprint density at radius 2 is 2.15 bits per heavy atom. The molecular formula is C21H36N4O2. The summed E-state index contributed by atoms with van der Waals surface area (Å²) in [5.74, 6) is 1.94. The molecule has 27 heavy (non-hydrogen) atoms. The molecule has 152 valence electrons. The van der Waals surface area contributed by atoms with Crippen molar-refractivity contribution in [1.82, 2.24) is 20.1 Å². The summed E-state index contributed by atoms with van der Waals surface area (Å²) in [6, 6.07) is 3.92. The maximum Gasteiger partial charge on any atom is 0.224 e. The second-order valence-corrected chi connectivity index (χ2v) is 8.45. The molecule has 0 radical (unpaired) electrons. The summed E-state index contributed by atoms with van der Waals surface area (Å²) in [5, 5.41) is 3.10. The van der Waals surface area contributed by atoms with Gasteiger partial charge < -0.3 is 19.9 Å². The lowest BCUT2D eigenvalue weighted by Crippen LogP contribution is -2.49. The molecule has 0 unspecified atom stereocenters. The quantitative estimate of drug-likeness (QED) is 0.715. The van der Waals surface area contributed by atoms with Crippen LogP contribution >= 0.6 is 0 Å². The first-order chi connectivity index (χ1) is 12.8. The van der Waals surface area contributed by atoms with E-state index in [0.717, 1.165) is 44.0 Å². The third-order valence-electron chi connectivity index (χ3n) is 4.84. The third-order valence-corrected chi connectivity index (χ3v) is 4.84. The summed E-state index contributed by atoms with van der Waals surface area (Å²) in [7, 11) is 4.04. The number of carbonyl (C=O) groups is 1. The molecule has 1 aliphatic rings. The zero-order chi connectivity index (χ0) is 19.8. The fraction of sp³-hybridized carbons (Fsp3) is 0.714. The highest BCUT2D eigenvalue weighted by molar-refractivity contribution is 5.79. The molecule has 2 atom stereocenters. The zero-order valence-electron chi connectivity index (χ0n) is 17.6. The molecule has 2 heterocycles. The van der Waals surface area contributed by atoms with Crippen LogP contribution in [0.15, 0.2) is 18.3 Å². The number of nitrogens with zero attached hydrogens (tertiary/aromatic N) is 3. The average molecular weight is 377 g/mol. The molecule has 1 saturated heterocycles. The van der Waals surface area contributed by atoms with Crippen molar-refractivity contribution in [1.29, 1.82) is 0 Å². The van der Waals surface area contributed by atoms with Gasteiger partial charge >= 0.3 is 0 Å². The molecule has 1 aromatic rings. The topological polar surface area (TPSA) is 57.7 Å². The maximum atomic E-state index is 12.7. The minimum atomic E-state index is 0.0319. The predicted octanol–water partition coefficient (Wildman–Crippen LogP) is 2.04. The van der Waals surface area contributed by atoms with Gasteiger partial charge in [-0.1, -0.05) is 13.8 Å². The molecule has 1 amide bonds. The Morgan fingerprint density at radius 1 is 1.37 bits per heavy atom. The van der Waals surface area contributed by atoms with Crippen LogP contribution in [0.2, 0.25) is 0 Å². The number of rotatable bonds is 9. The summed E-state index contributed by atoms with van der Waals surface area (Å²) in [4.78, 5) is 21.5. The predicted molar refractivity (Wildman–Crippen MR) is 109 cm³/mol. The highest BCUT2D eigenvalue weighted by atomic mass is 16.5. The van der Waals surface area contributed by atoms with E-state index in [4.69, 9.17) is 4.74 Å². The van der Waals surface area contributed by atoms with Crippen LogP contribution in [-0.2, 0) is 4.79 Å². The van der Waals surface area contributed by atoms with Crippen LogP contribution in [0.5, 0.6) is 5.75 Å². The van der Waals surface area contributed by atoms with Crippen LogP contribution in [0.3, 0.4) is 0 Å². The monoisotopic (exact) mass is 376 g/mol. The summed E-state index contributed by atoms with van der Waals surface area (Å²) < 4.78 is 5.97. The lowest BCUT2D eigenvalue weighted by molar-refractivity contribution is -0.127. The number of piperidine rings is 1. The van der Waals surface area contributed by atoms with Crippen molar-refractivity contribution >= 4 is 5.91 Å². The number of likely N-dealkylation sites (N-methyl/N-ethyl adjacent to an activating group) is 1. The second-order valence-electron chi connectivity index (χ2n) is 8.45. The van der Waals surface area contributed by atoms with Gasteiger partial charge in [-0.2, -0.15) is 0 Å². The number of pyridine rings is 1. The highest BCUT2D eigenvalue weighted by Crippen LogP contribution is 2.24. The number of carbonyl (C=O) groups excluding carboxylic acids is 1. The molecule has 1 aromatic heterocycles. The van der Waals surface area contributed by atoms with Crippen molar-refractivity contribution in [3.63, 3.8) is 0 Å². The van der Waals surface area contributed by atoms with Crippen LogP contribution in [0.4, 0.5) is 0 Å². The van der Waals surface area contributed by atoms with Crippen molar-refractivity contribution in [2.45, 2.75) is 27.2 Å². The van der Waals surface area contributed by atoms with E-state index in [0.29, 0.717) is 25.0 Å². The molecule has 0 spiro atoms. The van der Waals surface area contributed by atoms with Crippen LogP contribution in [-0.4, -0.2) is 74.1 Å². The standard InChI is InChI=1S/C21H36N4O2/c1-16(2)12-25-13-18(15-27-20-7-6-17(3)23-11-20)10-19(14-25)21(26)22-8-9-24(4)5/h6-7,11,16,18-19H,8-10,12-15H2,1-5H3,(H,22,26)/t18-,19+/m0/s1. The third kappa shape index (κ3) is 7.85. The van der Waals surface area contributed by atoms with E-state index in [1.807, 2.05) is 33.2 Å². The van der Waals surface area contributed by atoms with Crippen molar-refractivity contribution in [2.75, 3.05) is 53.4 Å². The van der Waals surface area contributed by atoms with Gasteiger partial charge in [-0.05, 0) is 45.5 Å². The number of aryl methyl sites for hydroxylation is 1. The van der Waals surface area contributed by atoms with Gasteiger partial charge in [-0.15, -0.1) is 0 Å². The molecule has 0 bridgehead atoms. The van der Waals surface area contributed by atoms with Gasteiger partial charge in [0.2, 0.25) is 5.91 Å². The van der Waals surface area contributed by atoms with Crippen molar-refractivity contribution < 1.29 is 9.53 Å². The molecule has 6 nitrogen and oxygen atoms in total. The van der Waals surface area contributed by atoms with E-state index in [9.17, 15) is 4.79 Å². The molecule has 0 aliphatic carbocycles. The maximum absolute atomic E-state index is 12.7. The molecule has 2 rings (SSSR count). The molecule has 1 fully saturated rings. The Morgan fingerprint density at radius 3 is 2.78 bits per heavy atom. The second kappa shape index (κ2) is 10.6. The molecule has 1 N–H and O–H groups in total. The minimum absolute atomic E-state index is 0.0319.